The Hall–Kier alpha value is -0.860. The van der Waals surface area contributed by atoms with E-state index in [1.807, 2.05) is 0 Å². The van der Waals surface area contributed by atoms with Gasteiger partial charge in [-0.25, -0.2) is 0 Å². The fraction of sp³-hybridized carbons (Fsp3) is 0.538. The highest BCUT2D eigenvalue weighted by atomic mass is 15.1. The van der Waals surface area contributed by atoms with Crippen LogP contribution in [0.15, 0.2) is 24.3 Å². The molecule has 0 radical (unpaired) electrons. The van der Waals surface area contributed by atoms with Crippen LogP contribution in [0.5, 0.6) is 0 Å². The lowest BCUT2D eigenvalue weighted by atomic mass is 10.0. The van der Waals surface area contributed by atoms with Crippen LogP contribution in [0.4, 0.5) is 0 Å². The minimum atomic E-state index is 0.110. The molecular formula is C13H22N2. The Kier molecular flexibility index (Phi) is 4.30. The number of nitrogens with two attached hydrogens (primary N) is 1. The van der Waals surface area contributed by atoms with Gasteiger partial charge in [0.05, 0.1) is 0 Å². The molecule has 0 saturated carbocycles. The van der Waals surface area contributed by atoms with E-state index in [0.717, 1.165) is 6.54 Å². The molecular weight excluding hydrogens is 184 g/mol. The molecule has 0 aliphatic heterocycles. The van der Waals surface area contributed by atoms with Gasteiger partial charge in [0.25, 0.3) is 0 Å². The molecule has 0 aromatic heterocycles. The number of hydrogen-bond donors (Lipinski definition) is 1. The zero-order chi connectivity index (χ0) is 11.4. The van der Waals surface area contributed by atoms with Crippen molar-refractivity contribution < 1.29 is 0 Å². The van der Waals surface area contributed by atoms with Crippen molar-refractivity contribution in [3.05, 3.63) is 35.4 Å². The standard InChI is InChI=1S/C13H22N2/c1-10(2)15(4)9-13(14)12-8-6-5-7-11(12)3/h5-8,10,13H,9,14H2,1-4H3. The van der Waals surface area contributed by atoms with Gasteiger partial charge in [0, 0.05) is 18.6 Å². The fourth-order valence-corrected chi connectivity index (χ4v) is 1.62. The molecule has 15 heavy (non-hydrogen) atoms. The first kappa shape index (κ1) is 12.2. The van der Waals surface area contributed by atoms with E-state index < -0.39 is 0 Å². The maximum absolute atomic E-state index is 6.19. The van der Waals surface area contributed by atoms with E-state index in [9.17, 15) is 0 Å². The van der Waals surface area contributed by atoms with E-state index in [1.165, 1.54) is 11.1 Å². The maximum Gasteiger partial charge on any atom is 0.0426 e. The average molecular weight is 206 g/mol. The van der Waals surface area contributed by atoms with Gasteiger partial charge >= 0.3 is 0 Å². The summed E-state index contributed by atoms with van der Waals surface area (Å²) in [5.41, 5.74) is 8.73. The van der Waals surface area contributed by atoms with Crippen LogP contribution in [0.3, 0.4) is 0 Å². The minimum absolute atomic E-state index is 0.110. The number of hydrogen-bond acceptors (Lipinski definition) is 2. The molecule has 0 heterocycles. The highest BCUT2D eigenvalue weighted by Crippen LogP contribution is 2.16. The molecule has 1 rings (SSSR count). The van der Waals surface area contributed by atoms with E-state index >= 15 is 0 Å². The number of benzene rings is 1. The van der Waals surface area contributed by atoms with Crippen LogP contribution in [0.25, 0.3) is 0 Å². The lowest BCUT2D eigenvalue weighted by molar-refractivity contribution is 0.257. The summed E-state index contributed by atoms with van der Waals surface area (Å²) in [4.78, 5) is 2.27. The van der Waals surface area contributed by atoms with Gasteiger partial charge in [-0.1, -0.05) is 24.3 Å². The molecule has 1 aromatic rings. The lowest BCUT2D eigenvalue weighted by Crippen LogP contribution is -2.34. The van der Waals surface area contributed by atoms with Gasteiger partial charge < -0.3 is 10.6 Å². The van der Waals surface area contributed by atoms with Gasteiger partial charge in [0.1, 0.15) is 0 Å². The average Bonchev–Trinajstić information content (AvgIpc) is 2.18. The third kappa shape index (κ3) is 3.33. The van der Waals surface area contributed by atoms with Gasteiger partial charge in [-0.05, 0) is 38.9 Å². The summed E-state index contributed by atoms with van der Waals surface area (Å²) in [7, 11) is 2.11. The zero-order valence-corrected chi connectivity index (χ0v) is 10.2. The van der Waals surface area contributed by atoms with Crippen molar-refractivity contribution in [2.24, 2.45) is 5.73 Å². The summed E-state index contributed by atoms with van der Waals surface area (Å²) >= 11 is 0. The highest BCUT2D eigenvalue weighted by molar-refractivity contribution is 5.28. The molecule has 2 heteroatoms. The Morgan fingerprint density at radius 1 is 1.27 bits per heavy atom. The normalized spacial score (nSPS) is 13.5. The van der Waals surface area contributed by atoms with Crippen molar-refractivity contribution in [3.63, 3.8) is 0 Å². The van der Waals surface area contributed by atoms with Crippen LogP contribution in [-0.4, -0.2) is 24.5 Å². The van der Waals surface area contributed by atoms with E-state index in [4.69, 9.17) is 5.73 Å². The quantitative estimate of drug-likeness (QED) is 0.819. The van der Waals surface area contributed by atoms with Crippen molar-refractivity contribution in [2.75, 3.05) is 13.6 Å². The number of aryl methyl sites for hydroxylation is 1. The van der Waals surface area contributed by atoms with Crippen molar-refractivity contribution in [1.29, 1.82) is 0 Å². The zero-order valence-electron chi connectivity index (χ0n) is 10.2. The maximum atomic E-state index is 6.19. The van der Waals surface area contributed by atoms with Gasteiger partial charge in [-0.15, -0.1) is 0 Å². The third-order valence-corrected chi connectivity index (χ3v) is 2.95. The number of rotatable bonds is 4. The Morgan fingerprint density at radius 3 is 2.40 bits per heavy atom. The lowest BCUT2D eigenvalue weighted by Gasteiger charge is -2.25. The largest absolute Gasteiger partial charge is 0.323 e. The van der Waals surface area contributed by atoms with Gasteiger partial charge in [0.15, 0.2) is 0 Å². The molecule has 1 unspecified atom stereocenters. The minimum Gasteiger partial charge on any atom is -0.323 e. The van der Waals surface area contributed by atoms with E-state index in [0.29, 0.717) is 6.04 Å². The molecule has 0 amide bonds. The second kappa shape index (κ2) is 5.29. The first-order valence-corrected chi connectivity index (χ1v) is 5.53. The van der Waals surface area contributed by atoms with E-state index in [-0.39, 0.29) is 6.04 Å². The molecule has 2 N–H and O–H groups in total. The van der Waals surface area contributed by atoms with Crippen molar-refractivity contribution in [1.82, 2.24) is 4.90 Å². The molecule has 0 aliphatic carbocycles. The second-order valence-electron chi connectivity index (χ2n) is 4.50. The van der Waals surface area contributed by atoms with Crippen molar-refractivity contribution in [3.8, 4) is 0 Å². The molecule has 84 valence electrons. The van der Waals surface area contributed by atoms with Gasteiger partial charge in [0.2, 0.25) is 0 Å². The summed E-state index contributed by atoms with van der Waals surface area (Å²) in [6, 6.07) is 8.99. The first-order valence-electron chi connectivity index (χ1n) is 5.53. The summed E-state index contributed by atoms with van der Waals surface area (Å²) in [5, 5.41) is 0. The first-order chi connectivity index (χ1) is 7.02. The Morgan fingerprint density at radius 2 is 1.87 bits per heavy atom. The van der Waals surface area contributed by atoms with Gasteiger partial charge in [-0.3, -0.25) is 0 Å². The van der Waals surface area contributed by atoms with Crippen LogP contribution in [0.2, 0.25) is 0 Å². The summed E-state index contributed by atoms with van der Waals surface area (Å²) < 4.78 is 0. The molecule has 0 spiro atoms. The summed E-state index contributed by atoms with van der Waals surface area (Å²) in [6.07, 6.45) is 0. The molecule has 0 fully saturated rings. The van der Waals surface area contributed by atoms with Crippen LogP contribution >= 0.6 is 0 Å². The van der Waals surface area contributed by atoms with Crippen LogP contribution in [-0.2, 0) is 0 Å². The molecule has 0 bridgehead atoms. The Balaban J connectivity index is 2.69. The molecule has 0 aliphatic rings. The van der Waals surface area contributed by atoms with Crippen LogP contribution in [0.1, 0.15) is 31.0 Å². The smallest absolute Gasteiger partial charge is 0.0426 e. The van der Waals surface area contributed by atoms with E-state index in [1.54, 1.807) is 0 Å². The van der Waals surface area contributed by atoms with E-state index in [2.05, 4.69) is 57.0 Å². The molecule has 1 aromatic carbocycles. The van der Waals surface area contributed by atoms with Gasteiger partial charge in [-0.2, -0.15) is 0 Å². The Labute approximate surface area is 93.1 Å². The predicted molar refractivity (Wildman–Crippen MR) is 65.9 cm³/mol. The molecule has 2 nitrogen and oxygen atoms in total. The Bertz CT molecular complexity index is 307. The summed E-state index contributed by atoms with van der Waals surface area (Å²) in [5.74, 6) is 0. The van der Waals surface area contributed by atoms with Crippen LogP contribution in [0, 0.1) is 6.92 Å². The monoisotopic (exact) mass is 206 g/mol. The van der Waals surface area contributed by atoms with Crippen molar-refractivity contribution in [2.45, 2.75) is 32.9 Å². The number of nitrogens with zero attached hydrogens (tertiary/aromatic N) is 1. The second-order valence-corrected chi connectivity index (χ2v) is 4.50. The highest BCUT2D eigenvalue weighted by Gasteiger charge is 2.12. The molecule has 0 saturated heterocycles. The predicted octanol–water partition coefficient (Wildman–Crippen LogP) is 2.34. The third-order valence-electron chi connectivity index (χ3n) is 2.95. The van der Waals surface area contributed by atoms with Crippen molar-refractivity contribution >= 4 is 0 Å². The number of likely N-dealkylation sites (N-methyl/N-ethyl adjacent to an activating group) is 1. The fourth-order valence-electron chi connectivity index (χ4n) is 1.62. The SMILES string of the molecule is Cc1ccccc1C(N)CN(C)C(C)C. The summed E-state index contributed by atoms with van der Waals surface area (Å²) in [6.45, 7) is 7.39. The van der Waals surface area contributed by atoms with Crippen LogP contribution < -0.4 is 5.73 Å². The topological polar surface area (TPSA) is 29.3 Å². The molecule has 1 atom stereocenters.